The normalized spacial score (nSPS) is 11.5. The molecule has 0 bridgehead atoms. The summed E-state index contributed by atoms with van der Waals surface area (Å²) in [6, 6.07) is 6.23. The average Bonchev–Trinajstić information content (AvgIpc) is 2.29. The number of benzene rings is 1. The highest BCUT2D eigenvalue weighted by Gasteiger charge is 2.18. The molecule has 0 fully saturated rings. The van der Waals surface area contributed by atoms with Crippen LogP contribution in [-0.4, -0.2) is 24.7 Å². The lowest BCUT2D eigenvalue weighted by atomic mass is 10.1. The second kappa shape index (κ2) is 5.35. The highest BCUT2D eigenvalue weighted by atomic mass is 32.2. The van der Waals surface area contributed by atoms with Crippen molar-refractivity contribution in [2.24, 2.45) is 0 Å². The molecule has 18 heavy (non-hydrogen) atoms. The molecule has 0 saturated heterocycles. The minimum absolute atomic E-state index is 0.0782. The molecule has 0 radical (unpaired) electrons. The SMILES string of the molecule is C=C(Cc1ccc(S(=O)(=O)C(C)C)cc1)C(=O)O. The summed E-state index contributed by atoms with van der Waals surface area (Å²) in [7, 11) is -3.28. The molecule has 0 aliphatic carbocycles. The average molecular weight is 268 g/mol. The second-order valence-corrected chi connectivity index (χ2v) is 6.83. The lowest BCUT2D eigenvalue weighted by Crippen LogP contribution is -2.13. The van der Waals surface area contributed by atoms with Crippen LogP contribution in [0.2, 0.25) is 0 Å². The van der Waals surface area contributed by atoms with E-state index in [4.69, 9.17) is 5.11 Å². The minimum Gasteiger partial charge on any atom is -0.478 e. The van der Waals surface area contributed by atoms with Crippen LogP contribution in [0.5, 0.6) is 0 Å². The maximum atomic E-state index is 11.9. The molecular formula is C13H16O4S. The fourth-order valence-electron chi connectivity index (χ4n) is 1.39. The van der Waals surface area contributed by atoms with Crippen LogP contribution in [0.25, 0.3) is 0 Å². The topological polar surface area (TPSA) is 71.4 Å². The molecule has 1 N–H and O–H groups in total. The van der Waals surface area contributed by atoms with Crippen molar-refractivity contribution in [1.29, 1.82) is 0 Å². The van der Waals surface area contributed by atoms with Crippen molar-refractivity contribution in [3.63, 3.8) is 0 Å². The van der Waals surface area contributed by atoms with Gasteiger partial charge in [-0.3, -0.25) is 0 Å². The summed E-state index contributed by atoms with van der Waals surface area (Å²) in [6.45, 7) is 6.67. The molecule has 1 aromatic rings. The summed E-state index contributed by atoms with van der Waals surface area (Å²) >= 11 is 0. The van der Waals surface area contributed by atoms with Gasteiger partial charge in [-0.2, -0.15) is 0 Å². The van der Waals surface area contributed by atoms with Crippen LogP contribution < -0.4 is 0 Å². The third kappa shape index (κ3) is 3.20. The van der Waals surface area contributed by atoms with E-state index in [0.717, 1.165) is 5.56 Å². The minimum atomic E-state index is -3.28. The Balaban J connectivity index is 2.94. The molecular weight excluding hydrogens is 252 g/mol. The van der Waals surface area contributed by atoms with Gasteiger partial charge in [0.1, 0.15) is 0 Å². The zero-order chi connectivity index (χ0) is 13.9. The van der Waals surface area contributed by atoms with E-state index < -0.39 is 21.1 Å². The van der Waals surface area contributed by atoms with E-state index in [1.165, 1.54) is 12.1 Å². The summed E-state index contributed by atoms with van der Waals surface area (Å²) in [5.41, 5.74) is 0.805. The maximum absolute atomic E-state index is 11.9. The van der Waals surface area contributed by atoms with Crippen molar-refractivity contribution in [1.82, 2.24) is 0 Å². The van der Waals surface area contributed by atoms with Gasteiger partial charge in [-0.25, -0.2) is 13.2 Å². The molecule has 5 heteroatoms. The Kier molecular flexibility index (Phi) is 4.29. The number of rotatable bonds is 5. The van der Waals surface area contributed by atoms with Crippen LogP contribution in [0.1, 0.15) is 19.4 Å². The first kappa shape index (κ1) is 14.4. The van der Waals surface area contributed by atoms with E-state index >= 15 is 0 Å². The van der Waals surface area contributed by atoms with Crippen LogP contribution >= 0.6 is 0 Å². The highest BCUT2D eigenvalue weighted by Crippen LogP contribution is 2.17. The smallest absolute Gasteiger partial charge is 0.331 e. The van der Waals surface area contributed by atoms with Gasteiger partial charge in [0.2, 0.25) is 0 Å². The van der Waals surface area contributed by atoms with Gasteiger partial charge >= 0.3 is 5.97 Å². The zero-order valence-electron chi connectivity index (χ0n) is 10.4. The standard InChI is InChI=1S/C13H16O4S/c1-9(2)18(16,17)12-6-4-11(5-7-12)8-10(3)13(14)15/h4-7,9H,3,8H2,1-2H3,(H,14,15). The molecule has 0 aliphatic heterocycles. The van der Waals surface area contributed by atoms with Gasteiger partial charge < -0.3 is 5.11 Å². The van der Waals surface area contributed by atoms with Gasteiger partial charge in [-0.15, -0.1) is 0 Å². The largest absolute Gasteiger partial charge is 0.478 e. The molecule has 0 heterocycles. The number of sulfone groups is 1. The van der Waals surface area contributed by atoms with E-state index in [2.05, 4.69) is 6.58 Å². The molecule has 98 valence electrons. The molecule has 0 aliphatic rings. The molecule has 0 aromatic heterocycles. The van der Waals surface area contributed by atoms with E-state index in [9.17, 15) is 13.2 Å². The number of carbonyl (C=O) groups is 1. The molecule has 0 amide bonds. The van der Waals surface area contributed by atoms with Crippen molar-refractivity contribution in [3.05, 3.63) is 42.0 Å². The van der Waals surface area contributed by atoms with E-state index in [-0.39, 0.29) is 16.9 Å². The number of hydrogen-bond acceptors (Lipinski definition) is 3. The van der Waals surface area contributed by atoms with Gasteiger partial charge in [0, 0.05) is 12.0 Å². The van der Waals surface area contributed by atoms with Gasteiger partial charge in [0.25, 0.3) is 0 Å². The Morgan fingerprint density at radius 1 is 1.28 bits per heavy atom. The number of carboxylic acids is 1. The predicted octanol–water partition coefficient (Wildman–Crippen LogP) is 2.05. The fourth-order valence-corrected chi connectivity index (χ4v) is 2.45. The first-order valence-corrected chi connectivity index (χ1v) is 7.03. The number of carboxylic acid groups (broad SMARTS) is 1. The fraction of sp³-hybridized carbons (Fsp3) is 0.308. The van der Waals surface area contributed by atoms with Crippen molar-refractivity contribution in [2.75, 3.05) is 0 Å². The van der Waals surface area contributed by atoms with E-state index in [0.29, 0.717) is 0 Å². The summed E-state index contributed by atoms with van der Waals surface area (Å²) in [4.78, 5) is 10.9. The summed E-state index contributed by atoms with van der Waals surface area (Å²) in [5.74, 6) is -1.05. The highest BCUT2D eigenvalue weighted by molar-refractivity contribution is 7.92. The summed E-state index contributed by atoms with van der Waals surface area (Å²) in [6.07, 6.45) is 0.206. The molecule has 0 saturated carbocycles. The third-order valence-electron chi connectivity index (χ3n) is 2.59. The van der Waals surface area contributed by atoms with E-state index in [1.54, 1.807) is 26.0 Å². The van der Waals surface area contributed by atoms with Crippen molar-refractivity contribution >= 4 is 15.8 Å². The molecule has 0 spiro atoms. The number of aliphatic carboxylic acids is 1. The first-order valence-electron chi connectivity index (χ1n) is 5.49. The summed E-state index contributed by atoms with van der Waals surface area (Å²) < 4.78 is 23.7. The Labute approximate surface area is 107 Å². The van der Waals surface area contributed by atoms with Gasteiger partial charge in [-0.05, 0) is 31.5 Å². The Hall–Kier alpha value is -1.62. The first-order chi connectivity index (χ1) is 8.25. The van der Waals surface area contributed by atoms with Crippen LogP contribution in [0.3, 0.4) is 0 Å². The quantitative estimate of drug-likeness (QED) is 0.830. The van der Waals surface area contributed by atoms with Gasteiger partial charge in [-0.1, -0.05) is 18.7 Å². The molecule has 4 nitrogen and oxygen atoms in total. The lowest BCUT2D eigenvalue weighted by Gasteiger charge is -2.08. The van der Waals surface area contributed by atoms with Crippen molar-refractivity contribution in [3.8, 4) is 0 Å². The second-order valence-electron chi connectivity index (χ2n) is 4.32. The Morgan fingerprint density at radius 2 is 1.78 bits per heavy atom. The van der Waals surface area contributed by atoms with Crippen LogP contribution in [0.15, 0.2) is 41.3 Å². The zero-order valence-corrected chi connectivity index (χ0v) is 11.2. The lowest BCUT2D eigenvalue weighted by molar-refractivity contribution is -0.132. The molecule has 1 aromatic carbocycles. The van der Waals surface area contributed by atoms with Gasteiger partial charge in [0.05, 0.1) is 10.1 Å². The molecule has 1 rings (SSSR count). The predicted molar refractivity (Wildman–Crippen MR) is 69.2 cm³/mol. The molecule has 0 atom stereocenters. The maximum Gasteiger partial charge on any atom is 0.331 e. The Bertz CT molecular complexity index is 553. The van der Waals surface area contributed by atoms with Crippen molar-refractivity contribution in [2.45, 2.75) is 30.4 Å². The summed E-state index contributed by atoms with van der Waals surface area (Å²) in [5, 5.41) is 8.23. The third-order valence-corrected chi connectivity index (χ3v) is 4.76. The van der Waals surface area contributed by atoms with Crippen molar-refractivity contribution < 1.29 is 18.3 Å². The monoisotopic (exact) mass is 268 g/mol. The van der Waals surface area contributed by atoms with Crippen LogP contribution in [-0.2, 0) is 21.1 Å². The number of hydrogen-bond donors (Lipinski definition) is 1. The van der Waals surface area contributed by atoms with Gasteiger partial charge in [0.15, 0.2) is 9.84 Å². The Morgan fingerprint density at radius 3 is 2.17 bits per heavy atom. The van der Waals surface area contributed by atoms with E-state index in [1.807, 2.05) is 0 Å². The van der Waals surface area contributed by atoms with Crippen LogP contribution in [0.4, 0.5) is 0 Å². The van der Waals surface area contributed by atoms with Crippen LogP contribution in [0, 0.1) is 0 Å². The molecule has 0 unspecified atom stereocenters.